The number of halogens is 1. The lowest BCUT2D eigenvalue weighted by molar-refractivity contribution is 0.0953. The van der Waals surface area contributed by atoms with Crippen LogP contribution < -0.4 is 5.32 Å². The van der Waals surface area contributed by atoms with E-state index in [-0.39, 0.29) is 5.91 Å². The molecule has 0 saturated heterocycles. The van der Waals surface area contributed by atoms with E-state index in [4.69, 9.17) is 16.7 Å². The molecule has 0 spiro atoms. The molecule has 6 nitrogen and oxygen atoms in total. The van der Waals surface area contributed by atoms with Crippen LogP contribution in [0.15, 0.2) is 79.5 Å². The van der Waals surface area contributed by atoms with E-state index in [1.165, 1.54) is 0 Å². The van der Waals surface area contributed by atoms with Gasteiger partial charge in [-0.15, -0.1) is 0 Å². The van der Waals surface area contributed by atoms with Crippen molar-refractivity contribution < 1.29 is 4.79 Å². The Morgan fingerprint density at radius 1 is 1.03 bits per heavy atom. The Kier molecular flexibility index (Phi) is 6.79. The molecule has 1 amide bonds. The predicted octanol–water partition coefficient (Wildman–Crippen LogP) is 4.66. The van der Waals surface area contributed by atoms with Crippen LogP contribution in [0.3, 0.4) is 0 Å². The number of nitrogens with one attached hydrogen (secondary N) is 1. The van der Waals surface area contributed by atoms with E-state index in [0.29, 0.717) is 29.4 Å². The van der Waals surface area contributed by atoms with Crippen LogP contribution in [0.4, 0.5) is 0 Å². The zero-order valence-corrected chi connectivity index (χ0v) is 17.9. The van der Waals surface area contributed by atoms with Gasteiger partial charge in [-0.25, -0.2) is 4.98 Å². The zero-order chi connectivity index (χ0) is 21.5. The van der Waals surface area contributed by atoms with Crippen molar-refractivity contribution in [3.05, 3.63) is 95.7 Å². The Labute approximate surface area is 186 Å². The van der Waals surface area contributed by atoms with Crippen LogP contribution in [-0.2, 0) is 13.1 Å². The van der Waals surface area contributed by atoms with Crippen molar-refractivity contribution in [3.63, 3.8) is 0 Å². The van der Waals surface area contributed by atoms with E-state index in [1.807, 2.05) is 76.2 Å². The first-order valence-electron chi connectivity index (χ1n) is 10.3. The molecule has 0 unspecified atom stereocenters. The van der Waals surface area contributed by atoms with E-state index < -0.39 is 0 Å². The number of imidazole rings is 1. The molecule has 0 bridgehead atoms. The SMILES string of the molecule is O=C(NCCCCn1ccnc1)c1cn(Cc2ccccc2)nc1-c1ccc(Cl)cc1. The fraction of sp³-hybridized carbons (Fsp3) is 0.208. The molecule has 0 atom stereocenters. The van der Waals surface area contributed by atoms with Gasteiger partial charge in [0.1, 0.15) is 5.69 Å². The smallest absolute Gasteiger partial charge is 0.255 e. The average Bonchev–Trinajstić information content (AvgIpc) is 3.45. The predicted molar refractivity (Wildman–Crippen MR) is 122 cm³/mol. The van der Waals surface area contributed by atoms with Gasteiger partial charge in [-0.05, 0) is 30.5 Å². The standard InChI is InChI=1S/C24H24ClN5O/c25-21-10-8-20(9-11-21)23-22(17-30(28-23)16-19-6-2-1-3-7-19)24(31)27-12-4-5-14-29-15-13-26-18-29/h1-3,6-11,13,15,17-18H,4-5,12,14,16H2,(H,27,31). The number of aromatic nitrogens is 4. The highest BCUT2D eigenvalue weighted by Gasteiger charge is 2.18. The van der Waals surface area contributed by atoms with Crippen molar-refractivity contribution in [2.24, 2.45) is 0 Å². The van der Waals surface area contributed by atoms with Crippen LogP contribution in [0, 0.1) is 0 Å². The number of carbonyl (C=O) groups is 1. The van der Waals surface area contributed by atoms with E-state index >= 15 is 0 Å². The second-order valence-corrected chi connectivity index (χ2v) is 7.78. The summed E-state index contributed by atoms with van der Waals surface area (Å²) in [5.74, 6) is -0.119. The van der Waals surface area contributed by atoms with Crippen LogP contribution >= 0.6 is 11.6 Å². The van der Waals surface area contributed by atoms with Crippen molar-refractivity contribution in [1.29, 1.82) is 0 Å². The van der Waals surface area contributed by atoms with E-state index in [0.717, 1.165) is 30.5 Å². The van der Waals surface area contributed by atoms with Gasteiger partial charge < -0.3 is 9.88 Å². The molecular weight excluding hydrogens is 410 g/mol. The average molecular weight is 434 g/mol. The number of carbonyl (C=O) groups excluding carboxylic acids is 1. The second kappa shape index (κ2) is 10.1. The lowest BCUT2D eigenvalue weighted by Gasteiger charge is -2.06. The summed E-state index contributed by atoms with van der Waals surface area (Å²) in [4.78, 5) is 17.0. The summed E-state index contributed by atoms with van der Waals surface area (Å²) in [6.07, 6.45) is 9.19. The number of rotatable bonds is 9. The van der Waals surface area contributed by atoms with Gasteiger partial charge in [0.2, 0.25) is 0 Å². The van der Waals surface area contributed by atoms with E-state index in [9.17, 15) is 4.79 Å². The summed E-state index contributed by atoms with van der Waals surface area (Å²) in [5.41, 5.74) is 3.21. The summed E-state index contributed by atoms with van der Waals surface area (Å²) in [6, 6.07) is 17.5. The topological polar surface area (TPSA) is 64.7 Å². The maximum Gasteiger partial charge on any atom is 0.255 e. The van der Waals surface area contributed by atoms with Crippen LogP contribution in [-0.4, -0.2) is 31.8 Å². The molecule has 2 heterocycles. The number of benzene rings is 2. The van der Waals surface area contributed by atoms with Crippen LogP contribution in [0.2, 0.25) is 5.02 Å². The molecule has 2 aromatic carbocycles. The first-order valence-corrected chi connectivity index (χ1v) is 10.7. The van der Waals surface area contributed by atoms with Crippen molar-refractivity contribution in [3.8, 4) is 11.3 Å². The maximum absolute atomic E-state index is 13.0. The van der Waals surface area contributed by atoms with Crippen molar-refractivity contribution in [1.82, 2.24) is 24.6 Å². The summed E-state index contributed by atoms with van der Waals surface area (Å²) < 4.78 is 3.85. The Morgan fingerprint density at radius 3 is 2.58 bits per heavy atom. The monoisotopic (exact) mass is 433 g/mol. The largest absolute Gasteiger partial charge is 0.352 e. The highest BCUT2D eigenvalue weighted by atomic mass is 35.5. The second-order valence-electron chi connectivity index (χ2n) is 7.34. The number of amides is 1. The molecule has 7 heteroatoms. The molecule has 31 heavy (non-hydrogen) atoms. The van der Waals surface area contributed by atoms with Crippen molar-refractivity contribution in [2.75, 3.05) is 6.54 Å². The molecule has 0 fully saturated rings. The molecule has 0 aliphatic heterocycles. The molecular formula is C24H24ClN5O. The highest BCUT2D eigenvalue weighted by molar-refractivity contribution is 6.30. The number of aryl methyl sites for hydroxylation is 1. The van der Waals surface area contributed by atoms with Crippen LogP contribution in [0.25, 0.3) is 11.3 Å². The fourth-order valence-corrected chi connectivity index (χ4v) is 3.52. The first-order chi connectivity index (χ1) is 15.2. The van der Waals surface area contributed by atoms with Crippen molar-refractivity contribution in [2.45, 2.75) is 25.9 Å². The van der Waals surface area contributed by atoms with Gasteiger partial charge in [0.25, 0.3) is 5.91 Å². The Morgan fingerprint density at radius 2 is 1.84 bits per heavy atom. The molecule has 4 aromatic rings. The molecule has 0 radical (unpaired) electrons. The molecule has 1 N–H and O–H groups in total. The van der Waals surface area contributed by atoms with Gasteiger partial charge >= 0.3 is 0 Å². The van der Waals surface area contributed by atoms with Gasteiger partial charge in [-0.3, -0.25) is 9.48 Å². The molecule has 158 valence electrons. The summed E-state index contributed by atoms with van der Waals surface area (Å²) in [5, 5.41) is 8.39. The minimum atomic E-state index is -0.119. The van der Waals surface area contributed by atoms with Crippen LogP contribution in [0.1, 0.15) is 28.8 Å². The van der Waals surface area contributed by atoms with Gasteiger partial charge in [-0.2, -0.15) is 5.10 Å². The van der Waals surface area contributed by atoms with Crippen LogP contribution in [0.5, 0.6) is 0 Å². The number of hydrogen-bond donors (Lipinski definition) is 1. The molecule has 4 rings (SSSR count). The Balaban J connectivity index is 1.46. The molecule has 0 saturated carbocycles. The van der Waals surface area contributed by atoms with Gasteiger partial charge in [-0.1, -0.05) is 54.1 Å². The maximum atomic E-state index is 13.0. The normalized spacial score (nSPS) is 10.9. The number of nitrogens with zero attached hydrogens (tertiary/aromatic N) is 4. The fourth-order valence-electron chi connectivity index (χ4n) is 3.40. The number of hydrogen-bond acceptors (Lipinski definition) is 3. The Bertz CT molecular complexity index is 1100. The summed E-state index contributed by atoms with van der Waals surface area (Å²) in [7, 11) is 0. The third kappa shape index (κ3) is 5.61. The summed E-state index contributed by atoms with van der Waals surface area (Å²) >= 11 is 6.04. The summed E-state index contributed by atoms with van der Waals surface area (Å²) in [6.45, 7) is 2.10. The number of unbranched alkanes of at least 4 members (excludes halogenated alkanes) is 1. The van der Waals surface area contributed by atoms with Gasteiger partial charge in [0.15, 0.2) is 0 Å². The lowest BCUT2D eigenvalue weighted by Crippen LogP contribution is -2.24. The van der Waals surface area contributed by atoms with Gasteiger partial charge in [0.05, 0.1) is 18.4 Å². The minimum Gasteiger partial charge on any atom is -0.352 e. The van der Waals surface area contributed by atoms with E-state index in [2.05, 4.69) is 10.3 Å². The zero-order valence-electron chi connectivity index (χ0n) is 17.1. The Hall–Kier alpha value is -3.38. The molecule has 0 aliphatic rings. The third-order valence-corrected chi connectivity index (χ3v) is 5.25. The first kappa shape index (κ1) is 20.9. The molecule has 2 aromatic heterocycles. The quantitative estimate of drug-likeness (QED) is 0.390. The van der Waals surface area contributed by atoms with Crippen molar-refractivity contribution >= 4 is 17.5 Å². The van der Waals surface area contributed by atoms with Gasteiger partial charge in [0, 0.05) is 42.3 Å². The third-order valence-electron chi connectivity index (χ3n) is 5.00. The lowest BCUT2D eigenvalue weighted by atomic mass is 10.1. The molecule has 0 aliphatic carbocycles. The van der Waals surface area contributed by atoms with E-state index in [1.54, 1.807) is 12.5 Å². The minimum absolute atomic E-state index is 0.119. The highest BCUT2D eigenvalue weighted by Crippen LogP contribution is 2.24.